The zero-order valence-corrected chi connectivity index (χ0v) is 14.2. The van der Waals surface area contributed by atoms with E-state index in [1.807, 2.05) is 0 Å². The minimum absolute atomic E-state index is 0.228. The summed E-state index contributed by atoms with van der Waals surface area (Å²) in [6.07, 6.45) is -1.31. The molecule has 0 bridgehead atoms. The van der Waals surface area contributed by atoms with Crippen LogP contribution in [0.25, 0.3) is 0 Å². The third-order valence-corrected chi connectivity index (χ3v) is 3.65. The van der Waals surface area contributed by atoms with Gasteiger partial charge in [0.25, 0.3) is 5.91 Å². The number of rotatable bonds is 4. The van der Waals surface area contributed by atoms with E-state index >= 15 is 0 Å². The van der Waals surface area contributed by atoms with E-state index < -0.39 is 40.9 Å². The van der Waals surface area contributed by atoms with Crippen LogP contribution in [0.3, 0.4) is 0 Å². The molecule has 1 aromatic rings. The predicted molar refractivity (Wildman–Crippen MR) is 82.4 cm³/mol. The SMILES string of the molecule is CNC(=O)C(F)(F)c1cccc([C@@H](C)N(C(=O)O)C(C)(C)C)c1F. The lowest BCUT2D eigenvalue weighted by Gasteiger charge is -2.38. The van der Waals surface area contributed by atoms with Gasteiger partial charge in [0.1, 0.15) is 5.82 Å². The molecule has 1 aromatic carbocycles. The van der Waals surface area contributed by atoms with Crippen molar-refractivity contribution in [1.29, 1.82) is 0 Å². The van der Waals surface area contributed by atoms with Crippen LogP contribution in [0.1, 0.15) is 44.9 Å². The van der Waals surface area contributed by atoms with Gasteiger partial charge in [-0.3, -0.25) is 9.69 Å². The van der Waals surface area contributed by atoms with Crippen LogP contribution in [0.4, 0.5) is 18.0 Å². The Kier molecular flexibility index (Phi) is 5.53. The molecule has 2 N–H and O–H groups in total. The largest absolute Gasteiger partial charge is 0.465 e. The van der Waals surface area contributed by atoms with E-state index in [1.165, 1.54) is 19.1 Å². The molecule has 0 aliphatic carbocycles. The van der Waals surface area contributed by atoms with Crippen LogP contribution >= 0.6 is 0 Å². The van der Waals surface area contributed by atoms with E-state index in [0.29, 0.717) is 0 Å². The van der Waals surface area contributed by atoms with Gasteiger partial charge in [-0.1, -0.05) is 12.1 Å². The summed E-state index contributed by atoms with van der Waals surface area (Å²) in [6.45, 7) is 6.23. The van der Waals surface area contributed by atoms with Gasteiger partial charge in [-0.25, -0.2) is 9.18 Å². The Balaban J connectivity index is 3.45. The highest BCUT2D eigenvalue weighted by molar-refractivity contribution is 5.84. The van der Waals surface area contributed by atoms with Crippen LogP contribution in [-0.2, 0) is 10.7 Å². The monoisotopic (exact) mass is 346 g/mol. The first kappa shape index (κ1) is 19.8. The maximum absolute atomic E-state index is 14.6. The molecule has 0 saturated heterocycles. The molecule has 0 aliphatic heterocycles. The summed E-state index contributed by atoms with van der Waals surface area (Å²) in [5.41, 5.74) is -2.20. The van der Waals surface area contributed by atoms with Crippen LogP contribution in [0, 0.1) is 5.82 Å². The number of nitrogens with zero attached hydrogens (tertiary/aromatic N) is 1. The number of amides is 2. The van der Waals surface area contributed by atoms with Gasteiger partial charge in [-0.15, -0.1) is 0 Å². The van der Waals surface area contributed by atoms with Crippen LogP contribution < -0.4 is 5.32 Å². The molecule has 0 saturated carbocycles. The molecule has 0 heterocycles. The quantitative estimate of drug-likeness (QED) is 0.877. The highest BCUT2D eigenvalue weighted by atomic mass is 19.3. The summed E-state index contributed by atoms with van der Waals surface area (Å²) < 4.78 is 42.8. The van der Waals surface area contributed by atoms with E-state index in [2.05, 4.69) is 0 Å². The standard InChI is InChI=1S/C16H21F3N2O3/c1-9(21(14(23)24)15(2,3)4)10-7-6-8-11(12(10)17)16(18,19)13(22)20-5/h6-9H,1-5H3,(H,20,22)(H,23,24)/t9-/m1/s1. The topological polar surface area (TPSA) is 69.6 Å². The zero-order valence-electron chi connectivity index (χ0n) is 14.2. The number of hydrogen-bond donors (Lipinski definition) is 2. The molecule has 0 radical (unpaired) electrons. The number of nitrogens with one attached hydrogen (secondary N) is 1. The summed E-state index contributed by atoms with van der Waals surface area (Å²) in [5.74, 6) is -7.00. The van der Waals surface area contributed by atoms with Crippen molar-refractivity contribution < 1.29 is 27.9 Å². The lowest BCUT2D eigenvalue weighted by molar-refractivity contribution is -0.146. The fourth-order valence-electron chi connectivity index (χ4n) is 2.57. The molecule has 0 aliphatic rings. The van der Waals surface area contributed by atoms with Gasteiger partial charge in [-0.2, -0.15) is 8.78 Å². The Morgan fingerprint density at radius 3 is 2.21 bits per heavy atom. The van der Waals surface area contributed by atoms with Gasteiger partial charge >= 0.3 is 12.0 Å². The van der Waals surface area contributed by atoms with E-state index in [9.17, 15) is 27.9 Å². The highest BCUT2D eigenvalue weighted by Gasteiger charge is 2.44. The third kappa shape index (κ3) is 3.63. The molecular weight excluding hydrogens is 325 g/mol. The maximum atomic E-state index is 14.6. The normalized spacial score (nSPS) is 13.3. The number of carbonyl (C=O) groups excluding carboxylic acids is 1. The van der Waals surface area contributed by atoms with Crippen LogP contribution in [0.5, 0.6) is 0 Å². The maximum Gasteiger partial charge on any atom is 0.408 e. The molecule has 0 fully saturated rings. The molecule has 0 aromatic heterocycles. The average Bonchev–Trinajstić information content (AvgIpc) is 2.44. The van der Waals surface area contributed by atoms with Crippen LogP contribution in [0.15, 0.2) is 18.2 Å². The smallest absolute Gasteiger partial charge is 0.408 e. The Morgan fingerprint density at radius 2 is 1.79 bits per heavy atom. The van der Waals surface area contributed by atoms with Crippen molar-refractivity contribution >= 4 is 12.0 Å². The fourth-order valence-corrected chi connectivity index (χ4v) is 2.57. The predicted octanol–water partition coefficient (Wildman–Crippen LogP) is 3.50. The second-order valence-electron chi connectivity index (χ2n) is 6.36. The summed E-state index contributed by atoms with van der Waals surface area (Å²) in [5, 5.41) is 11.2. The Hall–Kier alpha value is -2.25. The number of likely N-dealkylation sites (N-methyl/N-ethyl adjacent to an activating group) is 1. The minimum atomic E-state index is -4.07. The van der Waals surface area contributed by atoms with E-state index in [-0.39, 0.29) is 5.56 Å². The molecule has 0 unspecified atom stereocenters. The number of benzene rings is 1. The number of hydrogen-bond acceptors (Lipinski definition) is 2. The van der Waals surface area contributed by atoms with Crippen molar-refractivity contribution in [2.24, 2.45) is 0 Å². The van der Waals surface area contributed by atoms with Crippen molar-refractivity contribution in [3.8, 4) is 0 Å². The molecule has 5 nitrogen and oxygen atoms in total. The molecule has 134 valence electrons. The first-order valence-electron chi connectivity index (χ1n) is 7.26. The van der Waals surface area contributed by atoms with Crippen molar-refractivity contribution in [2.75, 3.05) is 7.05 Å². The van der Waals surface area contributed by atoms with Crippen LogP contribution in [-0.4, -0.2) is 34.6 Å². The summed E-state index contributed by atoms with van der Waals surface area (Å²) in [7, 11) is 1.02. The molecule has 1 rings (SSSR count). The first-order valence-corrected chi connectivity index (χ1v) is 7.26. The molecule has 8 heteroatoms. The summed E-state index contributed by atoms with van der Waals surface area (Å²) in [4.78, 5) is 23.8. The van der Waals surface area contributed by atoms with Crippen molar-refractivity contribution in [2.45, 2.75) is 45.2 Å². The Bertz CT molecular complexity index is 642. The number of alkyl halides is 2. The minimum Gasteiger partial charge on any atom is -0.465 e. The molecule has 24 heavy (non-hydrogen) atoms. The van der Waals surface area contributed by atoms with E-state index in [1.54, 1.807) is 26.1 Å². The van der Waals surface area contributed by atoms with Crippen LogP contribution in [0.2, 0.25) is 0 Å². The molecule has 2 amide bonds. The van der Waals surface area contributed by atoms with Crippen molar-refractivity contribution in [3.05, 3.63) is 35.1 Å². The molecular formula is C16H21F3N2O3. The lowest BCUT2D eigenvalue weighted by atomic mass is 9.96. The number of carbonyl (C=O) groups is 2. The van der Waals surface area contributed by atoms with E-state index in [0.717, 1.165) is 18.0 Å². The average molecular weight is 346 g/mol. The summed E-state index contributed by atoms with van der Waals surface area (Å²) >= 11 is 0. The summed E-state index contributed by atoms with van der Waals surface area (Å²) in [6, 6.07) is 2.18. The highest BCUT2D eigenvalue weighted by Crippen LogP contribution is 2.36. The first-order chi connectivity index (χ1) is 10.9. The van der Waals surface area contributed by atoms with Gasteiger partial charge in [0.15, 0.2) is 0 Å². The van der Waals surface area contributed by atoms with Gasteiger partial charge in [-0.05, 0) is 33.8 Å². The second kappa shape index (κ2) is 6.70. The third-order valence-electron chi connectivity index (χ3n) is 3.65. The van der Waals surface area contributed by atoms with Crippen molar-refractivity contribution in [1.82, 2.24) is 10.2 Å². The lowest BCUT2D eigenvalue weighted by Crippen LogP contribution is -2.46. The second-order valence-corrected chi connectivity index (χ2v) is 6.36. The van der Waals surface area contributed by atoms with E-state index in [4.69, 9.17) is 0 Å². The number of carboxylic acid groups (broad SMARTS) is 1. The Morgan fingerprint density at radius 1 is 1.25 bits per heavy atom. The van der Waals surface area contributed by atoms with Gasteiger partial charge in [0, 0.05) is 18.2 Å². The fraction of sp³-hybridized carbons (Fsp3) is 0.500. The van der Waals surface area contributed by atoms with Gasteiger partial charge in [0.05, 0.1) is 11.6 Å². The zero-order chi connectivity index (χ0) is 18.9. The molecule has 0 spiro atoms. The van der Waals surface area contributed by atoms with Gasteiger partial charge in [0.2, 0.25) is 0 Å². The van der Waals surface area contributed by atoms with Crippen molar-refractivity contribution in [3.63, 3.8) is 0 Å². The van der Waals surface area contributed by atoms with Gasteiger partial charge < -0.3 is 10.4 Å². The Labute approximate surface area is 138 Å². The number of halogens is 3. The molecule has 1 atom stereocenters.